The summed E-state index contributed by atoms with van der Waals surface area (Å²) >= 11 is 0. The Balaban J connectivity index is 2.26. The van der Waals surface area contributed by atoms with Crippen LogP contribution in [0.5, 0.6) is 11.6 Å². The van der Waals surface area contributed by atoms with E-state index in [0.29, 0.717) is 23.0 Å². The molecule has 1 aromatic carbocycles. The topological polar surface area (TPSA) is 86.5 Å². The van der Waals surface area contributed by atoms with Crippen molar-refractivity contribution in [1.29, 1.82) is 0 Å². The maximum absolute atomic E-state index is 11.5. The summed E-state index contributed by atoms with van der Waals surface area (Å²) in [5, 5.41) is 21.1. The predicted octanol–water partition coefficient (Wildman–Crippen LogP) is 2.64. The zero-order valence-corrected chi connectivity index (χ0v) is 11.8. The zero-order valence-electron chi connectivity index (χ0n) is 11.8. The monoisotopic (exact) mass is 295 g/mol. The van der Waals surface area contributed by atoms with E-state index in [-0.39, 0.29) is 11.4 Å². The van der Waals surface area contributed by atoms with Gasteiger partial charge in [0, 0.05) is 17.8 Å². The smallest absolute Gasteiger partial charge is 0.240 e. The molecule has 0 saturated carbocycles. The number of aromatic nitrogens is 2. The van der Waals surface area contributed by atoms with Crippen LogP contribution in [0.2, 0.25) is 0 Å². The maximum atomic E-state index is 11.5. The Kier molecular flexibility index (Phi) is 3.34. The van der Waals surface area contributed by atoms with Crippen molar-refractivity contribution >= 4 is 28.7 Å². The van der Waals surface area contributed by atoms with Gasteiger partial charge in [-0.25, -0.2) is 4.98 Å². The van der Waals surface area contributed by atoms with Gasteiger partial charge in [-0.15, -0.1) is 0 Å². The zero-order chi connectivity index (χ0) is 15.7. The molecule has 0 radical (unpaired) electrons. The summed E-state index contributed by atoms with van der Waals surface area (Å²) in [5.74, 6) is -0.620. The summed E-state index contributed by atoms with van der Waals surface area (Å²) in [6, 6.07) is 8.45. The quantitative estimate of drug-likeness (QED) is 0.725. The van der Waals surface area contributed by atoms with Gasteiger partial charge in [0.25, 0.3) is 0 Å². The van der Waals surface area contributed by atoms with Crippen LogP contribution in [0.15, 0.2) is 42.7 Å². The number of carbonyl (C=O) groups is 1. The lowest BCUT2D eigenvalue weighted by Gasteiger charge is -2.20. The van der Waals surface area contributed by atoms with Crippen LogP contribution in [0, 0.1) is 6.92 Å². The fourth-order valence-electron chi connectivity index (χ4n) is 2.30. The first-order valence-corrected chi connectivity index (χ1v) is 6.58. The minimum atomic E-state index is -0.417. The van der Waals surface area contributed by atoms with Crippen molar-refractivity contribution in [1.82, 2.24) is 9.97 Å². The number of carbonyl (C=O) groups excluding carboxylic acids is 1. The molecule has 6 heteroatoms. The molecule has 0 atom stereocenters. The number of anilines is 2. The molecule has 1 amide bonds. The van der Waals surface area contributed by atoms with Gasteiger partial charge >= 0.3 is 0 Å². The molecule has 3 rings (SSSR count). The van der Waals surface area contributed by atoms with Crippen LogP contribution >= 0.6 is 0 Å². The van der Waals surface area contributed by atoms with E-state index < -0.39 is 5.88 Å². The van der Waals surface area contributed by atoms with Crippen LogP contribution in [-0.4, -0.2) is 26.6 Å². The second-order valence-electron chi connectivity index (χ2n) is 4.83. The molecule has 110 valence electrons. The maximum Gasteiger partial charge on any atom is 0.240 e. The number of amides is 1. The van der Waals surface area contributed by atoms with Crippen LogP contribution in [0.3, 0.4) is 0 Å². The number of pyridine rings is 2. The standard InChI is InChI=1S/C16H13N3O3/c1-10-2-3-12-13(8-10)18-16(22)14(15(12)21)19(9-20)11-4-6-17-7-5-11/h2-9H,1H3,(H2,18,21,22). The lowest BCUT2D eigenvalue weighted by Crippen LogP contribution is -2.15. The van der Waals surface area contributed by atoms with Gasteiger partial charge in [0.2, 0.25) is 12.3 Å². The van der Waals surface area contributed by atoms with Crippen molar-refractivity contribution < 1.29 is 15.0 Å². The molecule has 0 spiro atoms. The van der Waals surface area contributed by atoms with Crippen molar-refractivity contribution in [3.05, 3.63) is 48.3 Å². The fraction of sp³-hybridized carbons (Fsp3) is 0.0625. The number of aromatic hydroxyl groups is 2. The Hall–Kier alpha value is -3.15. The van der Waals surface area contributed by atoms with Crippen LogP contribution in [0.25, 0.3) is 10.9 Å². The first-order valence-electron chi connectivity index (χ1n) is 6.58. The number of fused-ring (bicyclic) bond motifs is 1. The molecule has 2 N–H and O–H groups in total. The van der Waals surface area contributed by atoms with Gasteiger partial charge in [0.05, 0.1) is 11.2 Å². The summed E-state index contributed by atoms with van der Waals surface area (Å²) in [6.45, 7) is 1.89. The highest BCUT2D eigenvalue weighted by molar-refractivity contribution is 5.99. The third-order valence-corrected chi connectivity index (χ3v) is 3.36. The number of nitrogens with zero attached hydrogens (tertiary/aromatic N) is 3. The van der Waals surface area contributed by atoms with E-state index in [1.54, 1.807) is 24.3 Å². The normalized spacial score (nSPS) is 10.6. The van der Waals surface area contributed by atoms with Crippen LogP contribution in [-0.2, 0) is 4.79 Å². The Morgan fingerprint density at radius 3 is 2.55 bits per heavy atom. The molecule has 0 saturated heterocycles. The highest BCUT2D eigenvalue weighted by atomic mass is 16.3. The summed E-state index contributed by atoms with van der Waals surface area (Å²) in [5.41, 5.74) is 1.81. The lowest BCUT2D eigenvalue weighted by atomic mass is 10.1. The molecule has 0 aliphatic carbocycles. The minimum Gasteiger partial charge on any atom is -0.505 e. The van der Waals surface area contributed by atoms with Gasteiger partial charge in [-0.1, -0.05) is 6.07 Å². The average Bonchev–Trinajstić information content (AvgIpc) is 2.52. The first-order chi connectivity index (χ1) is 10.6. The van der Waals surface area contributed by atoms with Crippen molar-refractivity contribution in [2.24, 2.45) is 0 Å². The molecular formula is C16H13N3O3. The van der Waals surface area contributed by atoms with Gasteiger partial charge in [0.1, 0.15) is 0 Å². The Morgan fingerprint density at radius 1 is 1.14 bits per heavy atom. The van der Waals surface area contributed by atoms with Gasteiger partial charge in [0.15, 0.2) is 11.4 Å². The average molecular weight is 295 g/mol. The fourth-order valence-corrected chi connectivity index (χ4v) is 2.30. The second kappa shape index (κ2) is 5.33. The first kappa shape index (κ1) is 13.8. The number of hydrogen-bond acceptors (Lipinski definition) is 5. The minimum absolute atomic E-state index is 0.0578. The van der Waals surface area contributed by atoms with E-state index in [2.05, 4.69) is 9.97 Å². The second-order valence-corrected chi connectivity index (χ2v) is 4.83. The third kappa shape index (κ3) is 2.20. The van der Waals surface area contributed by atoms with Crippen LogP contribution in [0.1, 0.15) is 5.56 Å². The molecule has 2 aromatic heterocycles. The highest BCUT2D eigenvalue weighted by Crippen LogP contribution is 2.42. The van der Waals surface area contributed by atoms with Crippen molar-refractivity contribution in [2.45, 2.75) is 6.92 Å². The van der Waals surface area contributed by atoms with Crippen molar-refractivity contribution in [3.63, 3.8) is 0 Å². The largest absolute Gasteiger partial charge is 0.505 e. The summed E-state index contributed by atoms with van der Waals surface area (Å²) in [4.78, 5) is 20.5. The summed E-state index contributed by atoms with van der Waals surface area (Å²) in [6.07, 6.45) is 3.53. The van der Waals surface area contributed by atoms with Crippen LogP contribution in [0.4, 0.5) is 11.4 Å². The van der Waals surface area contributed by atoms with E-state index in [9.17, 15) is 15.0 Å². The van der Waals surface area contributed by atoms with Crippen molar-refractivity contribution in [3.8, 4) is 11.6 Å². The number of aryl methyl sites for hydroxylation is 1. The number of hydrogen-bond donors (Lipinski definition) is 2. The van der Waals surface area contributed by atoms with E-state index in [4.69, 9.17) is 0 Å². The summed E-state index contributed by atoms with van der Waals surface area (Å²) in [7, 11) is 0. The molecule has 3 aromatic rings. The molecule has 0 aliphatic rings. The SMILES string of the molecule is Cc1ccc2c(O)c(N(C=O)c3ccncc3)c(O)nc2c1. The Bertz CT molecular complexity index is 850. The molecule has 0 fully saturated rings. The van der Waals surface area contributed by atoms with Crippen molar-refractivity contribution in [2.75, 3.05) is 4.90 Å². The highest BCUT2D eigenvalue weighted by Gasteiger charge is 2.21. The van der Waals surface area contributed by atoms with E-state index in [1.807, 2.05) is 13.0 Å². The van der Waals surface area contributed by atoms with E-state index >= 15 is 0 Å². The van der Waals surface area contributed by atoms with Crippen LogP contribution < -0.4 is 4.90 Å². The molecule has 6 nitrogen and oxygen atoms in total. The molecular weight excluding hydrogens is 282 g/mol. The van der Waals surface area contributed by atoms with Gasteiger partial charge in [-0.3, -0.25) is 14.7 Å². The van der Waals surface area contributed by atoms with E-state index in [0.717, 1.165) is 10.5 Å². The molecule has 2 heterocycles. The number of rotatable bonds is 3. The Morgan fingerprint density at radius 2 is 1.86 bits per heavy atom. The molecule has 22 heavy (non-hydrogen) atoms. The number of benzene rings is 1. The summed E-state index contributed by atoms with van der Waals surface area (Å²) < 4.78 is 0. The molecule has 0 unspecified atom stereocenters. The Labute approximate surface area is 126 Å². The third-order valence-electron chi connectivity index (χ3n) is 3.36. The lowest BCUT2D eigenvalue weighted by molar-refractivity contribution is -0.106. The molecule has 0 bridgehead atoms. The van der Waals surface area contributed by atoms with Gasteiger partial charge < -0.3 is 10.2 Å². The van der Waals surface area contributed by atoms with Gasteiger partial charge in [-0.05, 0) is 36.8 Å². The predicted molar refractivity (Wildman–Crippen MR) is 82.2 cm³/mol. The van der Waals surface area contributed by atoms with E-state index in [1.165, 1.54) is 12.4 Å². The molecule has 0 aliphatic heterocycles. The van der Waals surface area contributed by atoms with Gasteiger partial charge in [-0.2, -0.15) is 0 Å².